The van der Waals surface area contributed by atoms with Crippen LogP contribution in [0.3, 0.4) is 0 Å². The van der Waals surface area contributed by atoms with Gasteiger partial charge in [-0.3, -0.25) is 0 Å². The molecule has 1 aromatic heterocycles. The van der Waals surface area contributed by atoms with Gasteiger partial charge in [-0.1, -0.05) is 6.42 Å². The van der Waals surface area contributed by atoms with Gasteiger partial charge in [0.15, 0.2) is 5.82 Å². The first-order chi connectivity index (χ1) is 6.40. The minimum atomic E-state index is 0.586. The standard InChI is InChI=1S/C8H15N5/c1-9-5-6-13-11-8(10-12-13)7-3-2-4-7/h7,9H,2-6H2,1H3. The van der Waals surface area contributed by atoms with E-state index in [1.807, 2.05) is 7.05 Å². The van der Waals surface area contributed by atoms with Gasteiger partial charge >= 0.3 is 0 Å². The molecule has 5 heteroatoms. The summed E-state index contributed by atoms with van der Waals surface area (Å²) in [5.74, 6) is 1.52. The van der Waals surface area contributed by atoms with E-state index in [9.17, 15) is 0 Å². The minimum absolute atomic E-state index is 0.586. The van der Waals surface area contributed by atoms with Crippen molar-refractivity contribution in [1.29, 1.82) is 0 Å². The Hall–Kier alpha value is -0.970. The maximum atomic E-state index is 4.32. The first kappa shape index (κ1) is 8.62. The summed E-state index contributed by atoms with van der Waals surface area (Å²) in [6.45, 7) is 1.69. The van der Waals surface area contributed by atoms with Crippen LogP contribution >= 0.6 is 0 Å². The lowest BCUT2D eigenvalue weighted by Crippen LogP contribution is -2.17. The molecule has 2 rings (SSSR count). The van der Waals surface area contributed by atoms with E-state index in [1.54, 1.807) is 4.80 Å². The van der Waals surface area contributed by atoms with E-state index in [4.69, 9.17) is 0 Å². The van der Waals surface area contributed by atoms with Crippen LogP contribution in [0.15, 0.2) is 0 Å². The second kappa shape index (κ2) is 3.83. The summed E-state index contributed by atoms with van der Waals surface area (Å²) in [6.07, 6.45) is 3.78. The number of nitrogens with zero attached hydrogens (tertiary/aromatic N) is 4. The highest BCUT2D eigenvalue weighted by Crippen LogP contribution is 2.33. The van der Waals surface area contributed by atoms with Crippen LogP contribution in [0.5, 0.6) is 0 Å². The van der Waals surface area contributed by atoms with Crippen molar-refractivity contribution < 1.29 is 0 Å². The van der Waals surface area contributed by atoms with Crippen molar-refractivity contribution in [1.82, 2.24) is 25.5 Å². The van der Waals surface area contributed by atoms with E-state index in [-0.39, 0.29) is 0 Å². The third-order valence-electron chi connectivity index (χ3n) is 2.50. The third kappa shape index (κ3) is 1.85. The summed E-state index contributed by atoms with van der Waals surface area (Å²) in [5, 5.41) is 15.4. The van der Waals surface area contributed by atoms with Crippen LogP contribution in [0.1, 0.15) is 31.0 Å². The Bertz CT molecular complexity index is 265. The molecule has 1 heterocycles. The molecule has 1 fully saturated rings. The van der Waals surface area contributed by atoms with E-state index < -0.39 is 0 Å². The Balaban J connectivity index is 1.92. The van der Waals surface area contributed by atoms with Gasteiger partial charge in [-0.25, -0.2) is 0 Å². The maximum Gasteiger partial charge on any atom is 0.177 e. The Morgan fingerprint density at radius 3 is 3.00 bits per heavy atom. The van der Waals surface area contributed by atoms with Crippen molar-refractivity contribution in [2.75, 3.05) is 13.6 Å². The molecule has 13 heavy (non-hydrogen) atoms. The lowest BCUT2D eigenvalue weighted by atomic mass is 9.85. The third-order valence-corrected chi connectivity index (χ3v) is 2.50. The number of likely N-dealkylation sites (N-methyl/N-ethyl adjacent to an activating group) is 1. The van der Waals surface area contributed by atoms with Crippen molar-refractivity contribution in [2.45, 2.75) is 31.7 Å². The maximum absolute atomic E-state index is 4.32. The smallest absolute Gasteiger partial charge is 0.177 e. The lowest BCUT2D eigenvalue weighted by Gasteiger charge is -2.20. The molecular formula is C8H15N5. The Labute approximate surface area is 77.5 Å². The van der Waals surface area contributed by atoms with Gasteiger partial charge in [-0.15, -0.1) is 10.2 Å². The summed E-state index contributed by atoms with van der Waals surface area (Å²) in [6, 6.07) is 0. The largest absolute Gasteiger partial charge is 0.318 e. The van der Waals surface area contributed by atoms with Crippen LogP contribution in [0, 0.1) is 0 Å². The van der Waals surface area contributed by atoms with Crippen molar-refractivity contribution in [3.8, 4) is 0 Å². The van der Waals surface area contributed by atoms with E-state index in [0.717, 1.165) is 18.9 Å². The Kier molecular flexibility index (Phi) is 2.54. The molecule has 1 N–H and O–H groups in total. The fraction of sp³-hybridized carbons (Fsp3) is 0.875. The van der Waals surface area contributed by atoms with Crippen molar-refractivity contribution in [3.05, 3.63) is 5.82 Å². The highest BCUT2D eigenvalue weighted by molar-refractivity contribution is 4.96. The highest BCUT2D eigenvalue weighted by atomic mass is 15.6. The first-order valence-electron chi connectivity index (χ1n) is 4.82. The summed E-state index contributed by atoms with van der Waals surface area (Å²) in [7, 11) is 1.92. The highest BCUT2D eigenvalue weighted by Gasteiger charge is 2.23. The van der Waals surface area contributed by atoms with Crippen LogP contribution < -0.4 is 5.32 Å². The Morgan fingerprint density at radius 2 is 2.38 bits per heavy atom. The molecule has 0 saturated heterocycles. The predicted octanol–water partition coefficient (Wildman–Crippen LogP) is 0.160. The van der Waals surface area contributed by atoms with E-state index >= 15 is 0 Å². The van der Waals surface area contributed by atoms with E-state index in [1.165, 1.54) is 19.3 Å². The van der Waals surface area contributed by atoms with Gasteiger partial charge < -0.3 is 5.32 Å². The van der Waals surface area contributed by atoms with E-state index in [2.05, 4.69) is 20.7 Å². The molecule has 5 nitrogen and oxygen atoms in total. The lowest BCUT2D eigenvalue weighted by molar-refractivity contribution is 0.398. The molecule has 0 radical (unpaired) electrons. The summed E-state index contributed by atoms with van der Waals surface area (Å²) < 4.78 is 0. The zero-order chi connectivity index (χ0) is 9.10. The molecule has 0 unspecified atom stereocenters. The molecule has 0 aliphatic heterocycles. The van der Waals surface area contributed by atoms with Gasteiger partial charge in [0.05, 0.1) is 6.54 Å². The zero-order valence-corrected chi connectivity index (χ0v) is 7.90. The fourth-order valence-electron chi connectivity index (χ4n) is 1.39. The van der Waals surface area contributed by atoms with E-state index in [0.29, 0.717) is 5.92 Å². The first-order valence-corrected chi connectivity index (χ1v) is 4.82. The van der Waals surface area contributed by atoms with Gasteiger partial charge in [-0.05, 0) is 25.1 Å². The van der Waals surface area contributed by atoms with Crippen LogP contribution in [-0.2, 0) is 6.54 Å². The van der Waals surface area contributed by atoms with Crippen LogP contribution in [0.25, 0.3) is 0 Å². The molecule has 1 aromatic rings. The van der Waals surface area contributed by atoms with Crippen LogP contribution in [0.4, 0.5) is 0 Å². The number of nitrogens with one attached hydrogen (secondary N) is 1. The monoisotopic (exact) mass is 181 g/mol. The molecule has 0 spiro atoms. The van der Waals surface area contributed by atoms with Crippen molar-refractivity contribution in [3.63, 3.8) is 0 Å². The average molecular weight is 181 g/mol. The van der Waals surface area contributed by atoms with Gasteiger partial charge in [-0.2, -0.15) is 4.80 Å². The minimum Gasteiger partial charge on any atom is -0.318 e. The molecule has 0 bridgehead atoms. The predicted molar refractivity (Wildman–Crippen MR) is 48.3 cm³/mol. The normalized spacial score (nSPS) is 17.3. The van der Waals surface area contributed by atoms with Crippen LogP contribution in [-0.4, -0.2) is 33.8 Å². The number of hydrogen-bond donors (Lipinski definition) is 1. The zero-order valence-electron chi connectivity index (χ0n) is 7.90. The topological polar surface area (TPSA) is 55.6 Å². The van der Waals surface area contributed by atoms with Gasteiger partial charge in [0.1, 0.15) is 0 Å². The van der Waals surface area contributed by atoms with Gasteiger partial charge in [0.25, 0.3) is 0 Å². The molecule has 0 atom stereocenters. The van der Waals surface area contributed by atoms with Crippen LogP contribution in [0.2, 0.25) is 0 Å². The Morgan fingerprint density at radius 1 is 1.54 bits per heavy atom. The average Bonchev–Trinajstić information content (AvgIpc) is 2.46. The SMILES string of the molecule is CNCCn1nnc(C2CCC2)n1. The number of aromatic nitrogens is 4. The fourth-order valence-corrected chi connectivity index (χ4v) is 1.39. The molecule has 1 aliphatic rings. The summed E-state index contributed by atoms with van der Waals surface area (Å²) in [4.78, 5) is 1.67. The summed E-state index contributed by atoms with van der Waals surface area (Å²) >= 11 is 0. The molecule has 1 saturated carbocycles. The molecule has 72 valence electrons. The number of hydrogen-bond acceptors (Lipinski definition) is 4. The molecular weight excluding hydrogens is 166 g/mol. The van der Waals surface area contributed by atoms with Gasteiger partial charge in [0.2, 0.25) is 0 Å². The number of tetrazole rings is 1. The van der Waals surface area contributed by atoms with Crippen molar-refractivity contribution >= 4 is 0 Å². The molecule has 1 aliphatic carbocycles. The van der Waals surface area contributed by atoms with Crippen molar-refractivity contribution in [2.24, 2.45) is 0 Å². The molecule has 0 amide bonds. The van der Waals surface area contributed by atoms with Gasteiger partial charge in [0, 0.05) is 12.5 Å². The molecule has 0 aromatic carbocycles. The second-order valence-corrected chi connectivity index (χ2v) is 3.47. The quantitative estimate of drug-likeness (QED) is 0.719. The summed E-state index contributed by atoms with van der Waals surface area (Å²) in [5.41, 5.74) is 0. The number of rotatable bonds is 4. The second-order valence-electron chi connectivity index (χ2n) is 3.47.